The summed E-state index contributed by atoms with van der Waals surface area (Å²) in [6, 6.07) is 6.97. The average Bonchev–Trinajstić information content (AvgIpc) is 2.43. The second-order valence-corrected chi connectivity index (χ2v) is 5.65. The molecule has 0 fully saturated rings. The first-order valence-corrected chi connectivity index (χ1v) is 7.59. The van der Waals surface area contributed by atoms with Crippen LogP contribution in [-0.2, 0) is 11.2 Å². The van der Waals surface area contributed by atoms with Crippen LogP contribution in [0.1, 0.15) is 32.3 Å². The zero-order chi connectivity index (χ0) is 14.8. The van der Waals surface area contributed by atoms with E-state index in [0.717, 1.165) is 31.7 Å². The van der Waals surface area contributed by atoms with Gasteiger partial charge in [-0.25, -0.2) is 4.39 Å². The van der Waals surface area contributed by atoms with Crippen LogP contribution in [0.15, 0.2) is 24.3 Å². The molecule has 0 amide bonds. The lowest BCUT2D eigenvalue weighted by Gasteiger charge is -2.21. The van der Waals surface area contributed by atoms with Crippen molar-refractivity contribution in [1.29, 1.82) is 0 Å². The molecule has 1 rings (SSSR count). The normalized spacial score (nSPS) is 14.2. The summed E-state index contributed by atoms with van der Waals surface area (Å²) in [5.41, 5.74) is 1.09. The predicted octanol–water partition coefficient (Wildman–Crippen LogP) is 3.66. The lowest BCUT2D eigenvalue weighted by molar-refractivity contribution is 0.196. The Hall–Kier alpha value is -0.930. The summed E-state index contributed by atoms with van der Waals surface area (Å²) < 4.78 is 18.3. The Morgan fingerprint density at radius 1 is 1.35 bits per heavy atom. The Bertz CT molecular complexity index is 370. The summed E-state index contributed by atoms with van der Waals surface area (Å²) in [6.45, 7) is 7.08. The molecule has 0 saturated carbocycles. The van der Waals surface area contributed by atoms with Gasteiger partial charge in [0.15, 0.2) is 0 Å². The van der Waals surface area contributed by atoms with Gasteiger partial charge < -0.3 is 10.1 Å². The fourth-order valence-corrected chi connectivity index (χ4v) is 2.45. The monoisotopic (exact) mass is 281 g/mol. The Kier molecular flexibility index (Phi) is 8.47. The van der Waals surface area contributed by atoms with Crippen LogP contribution >= 0.6 is 0 Å². The molecule has 1 aromatic rings. The number of ether oxygens (including phenoxy) is 1. The number of hydrogen-bond acceptors (Lipinski definition) is 2. The van der Waals surface area contributed by atoms with Crippen molar-refractivity contribution in [2.24, 2.45) is 11.8 Å². The molecule has 1 aromatic carbocycles. The van der Waals surface area contributed by atoms with Crippen molar-refractivity contribution in [3.05, 3.63) is 35.6 Å². The van der Waals surface area contributed by atoms with E-state index in [1.807, 2.05) is 6.07 Å². The molecule has 20 heavy (non-hydrogen) atoms. The van der Waals surface area contributed by atoms with Gasteiger partial charge in [-0.05, 0) is 48.9 Å². The van der Waals surface area contributed by atoms with Gasteiger partial charge in [0, 0.05) is 13.7 Å². The predicted molar refractivity (Wildman–Crippen MR) is 82.4 cm³/mol. The Morgan fingerprint density at radius 3 is 2.80 bits per heavy atom. The van der Waals surface area contributed by atoms with Crippen molar-refractivity contribution in [1.82, 2.24) is 5.32 Å². The molecule has 3 heteroatoms. The fourth-order valence-electron chi connectivity index (χ4n) is 2.45. The van der Waals surface area contributed by atoms with Gasteiger partial charge >= 0.3 is 0 Å². The third-order valence-electron chi connectivity index (χ3n) is 3.76. The molecule has 2 atom stereocenters. The van der Waals surface area contributed by atoms with Crippen LogP contribution in [-0.4, -0.2) is 26.8 Å². The lowest BCUT2D eigenvalue weighted by atomic mass is 9.89. The maximum absolute atomic E-state index is 13.3. The van der Waals surface area contributed by atoms with Crippen LogP contribution in [0.25, 0.3) is 0 Å². The van der Waals surface area contributed by atoms with Crippen molar-refractivity contribution >= 4 is 0 Å². The molecule has 0 aliphatic heterocycles. The number of benzene rings is 1. The number of hydrogen-bond donors (Lipinski definition) is 1. The van der Waals surface area contributed by atoms with E-state index in [4.69, 9.17) is 4.74 Å². The van der Waals surface area contributed by atoms with E-state index in [9.17, 15) is 4.39 Å². The molecule has 0 aromatic heterocycles. The van der Waals surface area contributed by atoms with Gasteiger partial charge in [0.25, 0.3) is 0 Å². The molecular formula is C17H28FNO. The van der Waals surface area contributed by atoms with E-state index in [0.29, 0.717) is 11.8 Å². The molecule has 2 unspecified atom stereocenters. The van der Waals surface area contributed by atoms with E-state index in [1.165, 1.54) is 18.9 Å². The topological polar surface area (TPSA) is 21.3 Å². The number of rotatable bonds is 10. The summed E-state index contributed by atoms with van der Waals surface area (Å²) >= 11 is 0. The minimum absolute atomic E-state index is 0.142. The SMILES string of the molecule is CCC(C)CC(CNCCOC)Cc1cccc(F)c1. The van der Waals surface area contributed by atoms with Gasteiger partial charge in [-0.2, -0.15) is 0 Å². The minimum atomic E-state index is -0.142. The first-order chi connectivity index (χ1) is 9.65. The van der Waals surface area contributed by atoms with Gasteiger partial charge in [-0.3, -0.25) is 0 Å². The van der Waals surface area contributed by atoms with Gasteiger partial charge in [0.1, 0.15) is 5.82 Å². The molecule has 0 radical (unpaired) electrons. The van der Waals surface area contributed by atoms with Crippen LogP contribution in [0, 0.1) is 17.7 Å². The van der Waals surface area contributed by atoms with E-state index in [2.05, 4.69) is 19.2 Å². The zero-order valence-corrected chi connectivity index (χ0v) is 13.0. The summed E-state index contributed by atoms with van der Waals surface area (Å²) in [7, 11) is 1.71. The van der Waals surface area contributed by atoms with E-state index in [-0.39, 0.29) is 5.82 Å². The molecule has 0 spiro atoms. The second kappa shape index (κ2) is 9.89. The molecule has 0 heterocycles. The third kappa shape index (κ3) is 7.01. The number of nitrogens with one attached hydrogen (secondary N) is 1. The second-order valence-electron chi connectivity index (χ2n) is 5.65. The maximum Gasteiger partial charge on any atom is 0.123 e. The highest BCUT2D eigenvalue weighted by Crippen LogP contribution is 2.19. The van der Waals surface area contributed by atoms with Crippen molar-refractivity contribution in [3.63, 3.8) is 0 Å². The van der Waals surface area contributed by atoms with Crippen molar-refractivity contribution in [2.45, 2.75) is 33.1 Å². The molecule has 0 aliphatic carbocycles. The van der Waals surface area contributed by atoms with Crippen molar-refractivity contribution in [2.75, 3.05) is 26.8 Å². The molecule has 114 valence electrons. The van der Waals surface area contributed by atoms with Crippen LogP contribution in [0.2, 0.25) is 0 Å². The summed E-state index contributed by atoms with van der Waals surface area (Å²) in [6.07, 6.45) is 3.30. The van der Waals surface area contributed by atoms with E-state index < -0.39 is 0 Å². The van der Waals surface area contributed by atoms with Gasteiger partial charge in [-0.15, -0.1) is 0 Å². The standard InChI is InChI=1S/C17H28FNO/c1-4-14(2)10-16(13-19-8-9-20-3)11-15-6-5-7-17(18)12-15/h5-7,12,14,16,19H,4,8-11,13H2,1-3H3. The molecule has 0 saturated heterocycles. The van der Waals surface area contributed by atoms with Crippen LogP contribution in [0.4, 0.5) is 4.39 Å². The first kappa shape index (κ1) is 17.1. The number of methoxy groups -OCH3 is 1. The summed E-state index contributed by atoms with van der Waals surface area (Å²) in [4.78, 5) is 0. The smallest absolute Gasteiger partial charge is 0.123 e. The quantitative estimate of drug-likeness (QED) is 0.661. The zero-order valence-electron chi connectivity index (χ0n) is 13.0. The average molecular weight is 281 g/mol. The first-order valence-electron chi connectivity index (χ1n) is 7.59. The molecule has 0 aliphatic rings. The lowest BCUT2D eigenvalue weighted by Crippen LogP contribution is -2.28. The molecular weight excluding hydrogens is 253 g/mol. The van der Waals surface area contributed by atoms with Crippen LogP contribution < -0.4 is 5.32 Å². The van der Waals surface area contributed by atoms with Gasteiger partial charge in [0.05, 0.1) is 6.61 Å². The van der Waals surface area contributed by atoms with Crippen molar-refractivity contribution in [3.8, 4) is 0 Å². The Morgan fingerprint density at radius 2 is 2.15 bits per heavy atom. The van der Waals surface area contributed by atoms with E-state index in [1.54, 1.807) is 19.2 Å². The number of halogens is 1. The van der Waals surface area contributed by atoms with Gasteiger partial charge in [-0.1, -0.05) is 32.4 Å². The molecule has 0 bridgehead atoms. The summed E-state index contributed by atoms with van der Waals surface area (Å²) in [5, 5.41) is 3.43. The van der Waals surface area contributed by atoms with Crippen LogP contribution in [0.3, 0.4) is 0 Å². The van der Waals surface area contributed by atoms with Crippen molar-refractivity contribution < 1.29 is 9.13 Å². The van der Waals surface area contributed by atoms with Gasteiger partial charge in [0.2, 0.25) is 0 Å². The Balaban J connectivity index is 2.52. The highest BCUT2D eigenvalue weighted by atomic mass is 19.1. The Labute approximate surface area is 122 Å². The van der Waals surface area contributed by atoms with E-state index >= 15 is 0 Å². The van der Waals surface area contributed by atoms with Crippen LogP contribution in [0.5, 0.6) is 0 Å². The highest BCUT2D eigenvalue weighted by molar-refractivity contribution is 5.16. The largest absolute Gasteiger partial charge is 0.383 e. The minimum Gasteiger partial charge on any atom is -0.383 e. The highest BCUT2D eigenvalue weighted by Gasteiger charge is 2.13. The fraction of sp³-hybridized carbons (Fsp3) is 0.647. The molecule has 1 N–H and O–H groups in total. The maximum atomic E-state index is 13.3. The summed E-state index contributed by atoms with van der Waals surface area (Å²) in [5.74, 6) is 1.11. The third-order valence-corrected chi connectivity index (χ3v) is 3.76. The molecule has 2 nitrogen and oxygen atoms in total.